The molecule has 0 aliphatic carbocycles. The molecule has 2 amide bonds. The Morgan fingerprint density at radius 3 is 2.39 bits per heavy atom. The van der Waals surface area contributed by atoms with Gasteiger partial charge in [-0.3, -0.25) is 14.4 Å². The molecule has 0 aliphatic rings. The van der Waals surface area contributed by atoms with E-state index in [0.29, 0.717) is 22.7 Å². The summed E-state index contributed by atoms with van der Waals surface area (Å²) in [4.78, 5) is 36.1. The van der Waals surface area contributed by atoms with Crippen LogP contribution in [-0.2, 0) is 16.0 Å². The molecular formula is C24H25ClN4O4. The normalized spacial score (nSPS) is 10.6. The number of hydrogen-bond donors (Lipinski definition) is 2. The Morgan fingerprint density at radius 2 is 1.76 bits per heavy atom. The van der Waals surface area contributed by atoms with Gasteiger partial charge in [-0.2, -0.15) is 5.10 Å². The lowest BCUT2D eigenvalue weighted by Crippen LogP contribution is -2.19. The first kappa shape index (κ1) is 24.0. The zero-order valence-electron chi connectivity index (χ0n) is 18.9. The first-order valence-electron chi connectivity index (χ1n) is 10.3. The number of benzene rings is 2. The summed E-state index contributed by atoms with van der Waals surface area (Å²) in [6.45, 7) is 3.84. The molecule has 2 aromatic carbocycles. The summed E-state index contributed by atoms with van der Waals surface area (Å²) in [5, 5.41) is 10.2. The van der Waals surface area contributed by atoms with Crippen LogP contribution < -0.4 is 10.6 Å². The summed E-state index contributed by atoms with van der Waals surface area (Å²) < 4.78 is 6.51. The maximum absolute atomic E-state index is 12.7. The fourth-order valence-corrected chi connectivity index (χ4v) is 3.69. The third kappa shape index (κ3) is 5.40. The van der Waals surface area contributed by atoms with Crippen molar-refractivity contribution >= 4 is 35.1 Å². The van der Waals surface area contributed by atoms with Crippen LogP contribution in [0.25, 0.3) is 5.69 Å². The second kappa shape index (κ2) is 10.3. The molecule has 33 heavy (non-hydrogen) atoms. The monoisotopic (exact) mass is 468 g/mol. The van der Waals surface area contributed by atoms with Crippen molar-refractivity contribution in [2.24, 2.45) is 0 Å². The van der Waals surface area contributed by atoms with Crippen molar-refractivity contribution in [2.45, 2.75) is 26.7 Å². The Balaban J connectivity index is 1.76. The molecule has 8 nitrogen and oxygen atoms in total. The van der Waals surface area contributed by atoms with Crippen molar-refractivity contribution in [1.82, 2.24) is 15.1 Å². The van der Waals surface area contributed by atoms with Crippen LogP contribution in [0.5, 0.6) is 0 Å². The minimum atomic E-state index is -0.337. The number of anilines is 1. The first-order valence-corrected chi connectivity index (χ1v) is 10.7. The number of nitrogens with one attached hydrogen (secondary N) is 2. The highest BCUT2D eigenvalue weighted by molar-refractivity contribution is 6.34. The van der Waals surface area contributed by atoms with E-state index < -0.39 is 0 Å². The minimum absolute atomic E-state index is 0.264. The van der Waals surface area contributed by atoms with Crippen LogP contribution in [0.15, 0.2) is 42.5 Å². The van der Waals surface area contributed by atoms with Crippen LogP contribution in [0.4, 0.5) is 5.69 Å². The van der Waals surface area contributed by atoms with E-state index in [2.05, 4.69) is 15.7 Å². The van der Waals surface area contributed by atoms with E-state index in [1.807, 2.05) is 13.8 Å². The molecule has 0 saturated carbocycles. The predicted molar refractivity (Wildman–Crippen MR) is 126 cm³/mol. The van der Waals surface area contributed by atoms with Crippen LogP contribution in [-0.4, -0.2) is 41.7 Å². The molecule has 172 valence electrons. The number of ether oxygens (including phenoxy) is 1. The second-order valence-corrected chi connectivity index (χ2v) is 7.82. The van der Waals surface area contributed by atoms with Gasteiger partial charge in [-0.15, -0.1) is 0 Å². The number of carbonyl (C=O) groups is 3. The van der Waals surface area contributed by atoms with Crippen LogP contribution in [0.1, 0.15) is 44.1 Å². The Kier molecular flexibility index (Phi) is 7.50. The molecule has 0 fully saturated rings. The molecule has 1 heterocycles. The van der Waals surface area contributed by atoms with Crippen molar-refractivity contribution in [3.8, 4) is 5.69 Å². The first-order chi connectivity index (χ1) is 15.7. The average Bonchev–Trinajstić information content (AvgIpc) is 3.11. The number of aromatic nitrogens is 2. The minimum Gasteiger partial charge on any atom is -0.469 e. The molecule has 0 radical (unpaired) electrons. The van der Waals surface area contributed by atoms with E-state index in [1.165, 1.54) is 20.2 Å². The molecular weight excluding hydrogens is 444 g/mol. The van der Waals surface area contributed by atoms with Crippen molar-refractivity contribution in [1.29, 1.82) is 0 Å². The van der Waals surface area contributed by atoms with Gasteiger partial charge in [0.05, 0.1) is 29.1 Å². The van der Waals surface area contributed by atoms with Gasteiger partial charge in [0.25, 0.3) is 11.8 Å². The Labute approximate surface area is 196 Å². The lowest BCUT2D eigenvalue weighted by molar-refractivity contribution is -0.140. The highest BCUT2D eigenvalue weighted by atomic mass is 35.5. The SMILES string of the molecule is CNC(=O)c1cc(NC(=O)c2ccc(-n3nc(C)c(CCC(=O)OC)c3C)cc2)ccc1Cl. The van der Waals surface area contributed by atoms with Gasteiger partial charge >= 0.3 is 5.97 Å². The van der Waals surface area contributed by atoms with Gasteiger partial charge in [0.2, 0.25) is 0 Å². The number of rotatable bonds is 7. The van der Waals surface area contributed by atoms with Crippen LogP contribution >= 0.6 is 11.6 Å². The quantitative estimate of drug-likeness (QED) is 0.512. The van der Waals surface area contributed by atoms with Gasteiger partial charge in [0, 0.05) is 30.4 Å². The zero-order valence-corrected chi connectivity index (χ0v) is 19.6. The summed E-state index contributed by atoms with van der Waals surface area (Å²) in [5.74, 6) is -0.921. The number of hydrogen-bond acceptors (Lipinski definition) is 5. The summed E-state index contributed by atoms with van der Waals surface area (Å²) in [7, 11) is 2.88. The van der Waals surface area contributed by atoms with Crippen molar-refractivity contribution in [2.75, 3.05) is 19.5 Å². The molecule has 1 aromatic heterocycles. The summed E-state index contributed by atoms with van der Waals surface area (Å²) in [5.41, 5.74) is 4.74. The second-order valence-electron chi connectivity index (χ2n) is 7.41. The van der Waals surface area contributed by atoms with Crippen LogP contribution in [0.3, 0.4) is 0 Å². The van der Waals surface area contributed by atoms with Gasteiger partial charge in [-0.05, 0) is 68.3 Å². The number of carbonyl (C=O) groups excluding carboxylic acids is 3. The predicted octanol–water partition coefficient (Wildman–Crippen LogP) is 3.86. The molecule has 3 rings (SSSR count). The lowest BCUT2D eigenvalue weighted by atomic mass is 10.1. The lowest BCUT2D eigenvalue weighted by Gasteiger charge is -2.10. The zero-order chi connectivity index (χ0) is 24.1. The van der Waals surface area contributed by atoms with Crippen LogP contribution in [0.2, 0.25) is 5.02 Å². The van der Waals surface area contributed by atoms with Crippen molar-refractivity contribution in [3.05, 3.63) is 75.6 Å². The molecule has 0 atom stereocenters. The summed E-state index contributed by atoms with van der Waals surface area (Å²) in [6, 6.07) is 11.7. The molecule has 0 aliphatic heterocycles. The molecule has 0 saturated heterocycles. The fraction of sp³-hybridized carbons (Fsp3) is 0.250. The highest BCUT2D eigenvalue weighted by Crippen LogP contribution is 2.22. The number of esters is 1. The number of nitrogens with zero attached hydrogens (tertiary/aromatic N) is 2. The third-order valence-electron chi connectivity index (χ3n) is 5.32. The van der Waals surface area contributed by atoms with Crippen molar-refractivity contribution in [3.63, 3.8) is 0 Å². The largest absolute Gasteiger partial charge is 0.469 e. The van der Waals surface area contributed by atoms with E-state index in [9.17, 15) is 14.4 Å². The Hall–Kier alpha value is -3.65. The highest BCUT2D eigenvalue weighted by Gasteiger charge is 2.16. The Bertz CT molecular complexity index is 1200. The van der Waals surface area contributed by atoms with Crippen LogP contribution in [0, 0.1) is 13.8 Å². The van der Waals surface area contributed by atoms with E-state index >= 15 is 0 Å². The standard InChI is InChI=1S/C24H25ClN4O4/c1-14-19(10-12-22(30)33-4)15(2)29(28-14)18-8-5-16(6-9-18)23(31)27-17-7-11-21(25)20(13-17)24(32)26-3/h5-9,11,13H,10,12H2,1-4H3,(H,26,32)(H,27,31). The van der Waals surface area contributed by atoms with E-state index in [1.54, 1.807) is 41.1 Å². The maximum Gasteiger partial charge on any atom is 0.305 e. The number of amides is 2. The third-order valence-corrected chi connectivity index (χ3v) is 5.65. The van der Waals surface area contributed by atoms with Gasteiger partial charge in [-0.1, -0.05) is 11.6 Å². The van der Waals surface area contributed by atoms with Crippen molar-refractivity contribution < 1.29 is 19.1 Å². The molecule has 9 heteroatoms. The Morgan fingerprint density at radius 1 is 1.06 bits per heavy atom. The van der Waals surface area contributed by atoms with Gasteiger partial charge < -0.3 is 15.4 Å². The van der Waals surface area contributed by atoms with E-state index in [4.69, 9.17) is 16.3 Å². The average molecular weight is 469 g/mol. The molecule has 0 unspecified atom stereocenters. The number of halogens is 1. The topological polar surface area (TPSA) is 102 Å². The van der Waals surface area contributed by atoms with E-state index in [-0.39, 0.29) is 29.8 Å². The fourth-order valence-electron chi connectivity index (χ4n) is 3.49. The van der Waals surface area contributed by atoms with Gasteiger partial charge in [0.15, 0.2) is 0 Å². The summed E-state index contributed by atoms with van der Waals surface area (Å²) >= 11 is 6.06. The van der Waals surface area contributed by atoms with Gasteiger partial charge in [0.1, 0.15) is 0 Å². The van der Waals surface area contributed by atoms with Gasteiger partial charge in [-0.25, -0.2) is 4.68 Å². The maximum atomic E-state index is 12.7. The molecule has 2 N–H and O–H groups in total. The molecule has 3 aromatic rings. The number of aryl methyl sites for hydroxylation is 1. The van der Waals surface area contributed by atoms with E-state index in [0.717, 1.165) is 22.6 Å². The number of methoxy groups -OCH3 is 1. The molecule has 0 bridgehead atoms. The molecule has 0 spiro atoms. The summed E-state index contributed by atoms with van der Waals surface area (Å²) in [6.07, 6.45) is 0.833. The smallest absolute Gasteiger partial charge is 0.305 e.